The summed E-state index contributed by atoms with van der Waals surface area (Å²) < 4.78 is 0.150. The quantitative estimate of drug-likeness (QED) is 0.0642. The summed E-state index contributed by atoms with van der Waals surface area (Å²) in [6, 6.07) is 46.1. The lowest BCUT2D eigenvalue weighted by molar-refractivity contribution is -1.10. The normalized spacial score (nSPS) is 33.1. The maximum absolute atomic E-state index is 13.0. The van der Waals surface area contributed by atoms with Crippen LogP contribution in [0.3, 0.4) is 0 Å². The van der Waals surface area contributed by atoms with Crippen LogP contribution >= 0.6 is 0 Å². The predicted octanol–water partition coefficient (Wildman–Crippen LogP) is 8.92. The van der Waals surface area contributed by atoms with E-state index in [0.29, 0.717) is 61.3 Å². The molecule has 17 fully saturated rings. The van der Waals surface area contributed by atoms with Crippen LogP contribution in [-0.4, -0.2) is 277 Å². The molecular weight excluding hydrogens is 1270 g/mol. The number of hydrogen-bond acceptors (Lipinski definition) is 11. The Kier molecular flexibility index (Phi) is 24.5. The van der Waals surface area contributed by atoms with E-state index < -0.39 is 0 Å². The number of rotatable bonds is 17. The first kappa shape index (κ1) is 72.8. The van der Waals surface area contributed by atoms with E-state index in [1.54, 1.807) is 0 Å². The Morgan fingerprint density at radius 1 is 0.392 bits per heavy atom. The molecule has 4 aromatic rings. The van der Waals surface area contributed by atoms with Crippen molar-refractivity contribution >= 4 is 24.0 Å². The maximum Gasteiger partial charge on any atom is 0.318 e. The minimum atomic E-state index is 0.0697. The topological polar surface area (TPSA) is 166 Å². The summed E-state index contributed by atoms with van der Waals surface area (Å²) in [5.74, 6) is 2.30. The molecular formula is C83H123N14O5+. The standard InChI is InChI=1S/C22H31N3O.C21H31N3O.C20H30N4O2.C20H30N4O/c26-22(25-20-11-17-10-18(13-20)14-21(25)12-17)23-19-7-9-24(15-19)8-6-16-4-2-1-3-5-16;1-21-9-13-24(14-10-21)16-19(21)20(25)22-18-8-12-23(15-18)11-7-17-5-3-2-4-6-17;25-20(23-12-15-24(26)13-8-19(23)9-14-24)21-18-7-11-22(16-18)10-6-17-4-2-1-3-5-17;25-20(24-15-14-22-12-8-19(24)9-13-22)21-18-7-11-23(16-18)10-6-17-4-2-1-3-5-17/h1-5,17-21H,6-15H2,(H,23,26);2-6,18-19H,7-16H2,1H3,(H,22,25);1-5,18-19,26H,6-16H2;1-5,18-19H,6-16H2,(H,21,25)/p+1/t17?,18?,19-,20?,21?;18-,19?;18-,19?,24?;18-/m0000/s1. The van der Waals surface area contributed by atoms with E-state index in [1.807, 2.05) is 4.90 Å². The van der Waals surface area contributed by atoms with Gasteiger partial charge in [0.25, 0.3) is 0 Å². The van der Waals surface area contributed by atoms with Crippen LogP contribution in [0.4, 0.5) is 14.4 Å². The monoisotopic (exact) mass is 1400 g/mol. The summed E-state index contributed by atoms with van der Waals surface area (Å²) in [5, 5.41) is 23.8. The van der Waals surface area contributed by atoms with Crippen molar-refractivity contribution < 1.29 is 29.0 Å². The lowest BCUT2D eigenvalue weighted by atomic mass is 9.64. The zero-order chi connectivity index (χ0) is 69.8. The van der Waals surface area contributed by atoms with Gasteiger partial charge in [-0.2, -0.15) is 4.65 Å². The molecule has 0 radical (unpaired) electrons. The third kappa shape index (κ3) is 19.3. The molecule has 102 heavy (non-hydrogen) atoms. The zero-order valence-electron chi connectivity index (χ0n) is 61.6. The first-order valence-corrected chi connectivity index (χ1v) is 40.4. The Morgan fingerprint density at radius 3 is 1.19 bits per heavy atom. The Balaban J connectivity index is 0.000000115. The molecule has 0 aromatic heterocycles. The number of carbonyl (C=O) groups excluding carboxylic acids is 4. The van der Waals surface area contributed by atoms with Crippen molar-refractivity contribution in [3.8, 4) is 0 Å². The number of benzene rings is 4. The van der Waals surface area contributed by atoms with E-state index in [9.17, 15) is 24.4 Å². The van der Waals surface area contributed by atoms with E-state index in [-0.39, 0.29) is 40.1 Å². The number of likely N-dealkylation sites (tertiary alicyclic amines) is 4. The average molecular weight is 1400 g/mol. The van der Waals surface area contributed by atoms with E-state index in [1.165, 1.54) is 80.3 Å². The van der Waals surface area contributed by atoms with Crippen LogP contribution < -0.4 is 21.3 Å². The highest BCUT2D eigenvalue weighted by Gasteiger charge is 2.50. The van der Waals surface area contributed by atoms with Gasteiger partial charge in [-0.1, -0.05) is 128 Å². The van der Waals surface area contributed by atoms with Gasteiger partial charge in [-0.25, -0.2) is 19.6 Å². The Morgan fingerprint density at radius 2 is 0.775 bits per heavy atom. The van der Waals surface area contributed by atoms with Crippen molar-refractivity contribution in [1.82, 2.24) is 65.4 Å². The summed E-state index contributed by atoms with van der Waals surface area (Å²) in [4.78, 5) is 72.6. The van der Waals surface area contributed by atoms with Crippen LogP contribution in [0, 0.1) is 23.2 Å². The molecule has 15 aliphatic heterocycles. The predicted molar refractivity (Wildman–Crippen MR) is 403 cm³/mol. The summed E-state index contributed by atoms with van der Waals surface area (Å²) in [7, 11) is 0. The van der Waals surface area contributed by atoms with Gasteiger partial charge in [-0.3, -0.25) is 4.79 Å². The molecule has 2 aliphatic carbocycles. The molecule has 1 unspecified atom stereocenters. The first-order chi connectivity index (χ1) is 49.8. The fourth-order valence-electron chi connectivity index (χ4n) is 20.2. The fraction of sp³-hybridized carbons (Fsp3) is 0.663. The Hall–Kier alpha value is -6.16. The van der Waals surface area contributed by atoms with Gasteiger partial charge in [-0.15, -0.1) is 0 Å². The number of fused-ring (bicyclic) bond motifs is 11. The van der Waals surface area contributed by atoms with Crippen LogP contribution in [-0.2, 0) is 30.5 Å². The third-order valence-electron chi connectivity index (χ3n) is 26.5. The summed E-state index contributed by atoms with van der Waals surface area (Å²) in [5.41, 5.74) is 5.79. The highest BCUT2D eigenvalue weighted by molar-refractivity contribution is 5.80. The molecule has 19 heteroatoms. The van der Waals surface area contributed by atoms with Gasteiger partial charge < -0.3 is 65.4 Å². The highest BCUT2D eigenvalue weighted by atomic mass is 16.5. The van der Waals surface area contributed by atoms with Crippen molar-refractivity contribution in [2.75, 3.05) is 151 Å². The number of urea groups is 3. The number of amides is 7. The van der Waals surface area contributed by atoms with Crippen LogP contribution in [0.5, 0.6) is 0 Å². The largest absolute Gasteiger partial charge is 0.352 e. The van der Waals surface area contributed by atoms with Crippen LogP contribution in [0.25, 0.3) is 0 Å². The summed E-state index contributed by atoms with van der Waals surface area (Å²) in [6.45, 7) is 25.4. The van der Waals surface area contributed by atoms with Gasteiger partial charge in [0.15, 0.2) is 0 Å². The number of nitrogens with one attached hydrogen (secondary N) is 4. The summed E-state index contributed by atoms with van der Waals surface area (Å²) in [6.07, 6.45) is 21.6. The molecule has 554 valence electrons. The Bertz CT molecular complexity index is 3270. The molecule has 19 nitrogen and oxygen atoms in total. The van der Waals surface area contributed by atoms with Crippen molar-refractivity contribution in [2.45, 2.75) is 177 Å². The van der Waals surface area contributed by atoms with E-state index >= 15 is 0 Å². The van der Waals surface area contributed by atoms with Crippen LogP contribution in [0.15, 0.2) is 121 Å². The third-order valence-corrected chi connectivity index (χ3v) is 26.5. The van der Waals surface area contributed by atoms with Crippen molar-refractivity contribution in [2.24, 2.45) is 23.2 Å². The molecule has 17 aliphatic rings. The van der Waals surface area contributed by atoms with Gasteiger partial charge in [0.1, 0.15) is 19.6 Å². The van der Waals surface area contributed by atoms with Crippen molar-refractivity contribution in [3.05, 3.63) is 144 Å². The molecule has 4 aromatic carbocycles. The fourth-order valence-corrected chi connectivity index (χ4v) is 20.2. The molecule has 2 saturated carbocycles. The van der Waals surface area contributed by atoms with Gasteiger partial charge >= 0.3 is 18.1 Å². The zero-order valence-corrected chi connectivity index (χ0v) is 61.6. The molecule has 5 N–H and O–H groups in total. The molecule has 15 heterocycles. The van der Waals surface area contributed by atoms with Crippen LogP contribution in [0.2, 0.25) is 0 Å². The summed E-state index contributed by atoms with van der Waals surface area (Å²) >= 11 is 0. The minimum absolute atomic E-state index is 0.0697. The SMILES string of the molecule is CC12CCN(CC1)CC2C(=O)N[C@H]1CCN(CCc2ccccc2)C1.O=C(N[C@H]1CCN(CCc2ccccc2)C1)N1C2CC3CC(C2)CC1C3.O=C(N[C@H]1CCN(CCc2ccccc2)C1)N1CCN2CCC1CC2.O=C(N[C@H]1CCN(CCc2ccccc2)C1)N1CC[N+]2(O)CCC1CC2. The number of nitrogens with zero attached hydrogens (tertiary/aromatic N) is 10. The molecule has 21 rings (SSSR count). The molecule has 10 bridgehead atoms. The number of hydrogen-bond donors (Lipinski definition) is 5. The smallest absolute Gasteiger partial charge is 0.318 e. The second kappa shape index (κ2) is 34.4. The van der Waals surface area contributed by atoms with Gasteiger partial charge in [0, 0.05) is 172 Å². The van der Waals surface area contributed by atoms with Gasteiger partial charge in [0.05, 0.1) is 12.5 Å². The van der Waals surface area contributed by atoms with E-state index in [4.69, 9.17) is 0 Å². The maximum atomic E-state index is 13.0. The highest BCUT2D eigenvalue weighted by Crippen LogP contribution is 2.49. The number of piperidine rings is 7. The lowest BCUT2D eigenvalue weighted by Gasteiger charge is -2.56. The molecule has 0 spiro atoms. The van der Waals surface area contributed by atoms with Crippen molar-refractivity contribution in [3.63, 3.8) is 0 Å². The second-order valence-electron chi connectivity index (χ2n) is 33.5. The molecule has 15 saturated heterocycles. The number of quaternary nitrogens is 1. The molecule has 5 atom stereocenters. The van der Waals surface area contributed by atoms with Crippen molar-refractivity contribution in [1.29, 1.82) is 0 Å². The van der Waals surface area contributed by atoms with E-state index in [2.05, 4.69) is 189 Å². The van der Waals surface area contributed by atoms with E-state index in [0.717, 1.165) is 213 Å². The number of hydroxylamine groups is 3. The lowest BCUT2D eigenvalue weighted by Crippen LogP contribution is -2.62. The Labute approximate surface area is 609 Å². The number of carbonyl (C=O) groups is 4. The first-order valence-electron chi connectivity index (χ1n) is 40.4. The van der Waals surface area contributed by atoms with Gasteiger partial charge in [-0.05, 0) is 162 Å². The minimum Gasteiger partial charge on any atom is -0.352 e. The van der Waals surface area contributed by atoms with Gasteiger partial charge in [0.2, 0.25) is 5.91 Å². The second-order valence-corrected chi connectivity index (χ2v) is 33.5. The van der Waals surface area contributed by atoms with Crippen LogP contribution in [0.1, 0.15) is 125 Å². The average Bonchev–Trinajstić information content (AvgIpc) is 1.50. The molecule has 7 amide bonds.